The van der Waals surface area contributed by atoms with Gasteiger partial charge in [-0.25, -0.2) is 8.42 Å². The molecule has 0 aromatic rings. The molecule has 0 atom stereocenters. The summed E-state index contributed by atoms with van der Waals surface area (Å²) in [5.41, 5.74) is 0. The molecule has 0 unspecified atom stereocenters. The van der Waals surface area contributed by atoms with E-state index in [-0.39, 0.29) is 5.25 Å². The number of sulfone groups is 1. The standard InChI is InChI=1S/C6H10O4S/c7-6(8)4-11(9,10)5-2-1-3-5/h5H,1-4H2,(H,7,8). The first kappa shape index (κ1) is 8.52. The molecule has 1 aliphatic carbocycles. The molecule has 0 heterocycles. The molecule has 0 aliphatic heterocycles. The molecule has 0 bridgehead atoms. The van der Waals surface area contributed by atoms with Crippen molar-refractivity contribution >= 4 is 15.8 Å². The van der Waals surface area contributed by atoms with E-state index in [1.54, 1.807) is 0 Å². The first-order chi connectivity index (χ1) is 5.02. The van der Waals surface area contributed by atoms with E-state index < -0.39 is 21.6 Å². The van der Waals surface area contributed by atoms with Crippen LogP contribution in [0.2, 0.25) is 0 Å². The average molecular weight is 178 g/mol. The van der Waals surface area contributed by atoms with Crippen LogP contribution in [0.15, 0.2) is 0 Å². The first-order valence-electron chi connectivity index (χ1n) is 3.46. The maximum absolute atomic E-state index is 11.0. The summed E-state index contributed by atoms with van der Waals surface area (Å²) < 4.78 is 22.1. The number of hydrogen-bond donors (Lipinski definition) is 1. The van der Waals surface area contributed by atoms with Crippen LogP contribution in [0, 0.1) is 0 Å². The van der Waals surface area contributed by atoms with E-state index in [2.05, 4.69) is 0 Å². The van der Waals surface area contributed by atoms with Crippen LogP contribution in [0.4, 0.5) is 0 Å². The molecule has 0 aromatic carbocycles. The normalized spacial score (nSPS) is 19.3. The van der Waals surface area contributed by atoms with Crippen LogP contribution in [0.1, 0.15) is 19.3 Å². The van der Waals surface area contributed by atoms with Crippen molar-refractivity contribution in [3.05, 3.63) is 0 Å². The van der Waals surface area contributed by atoms with Crippen LogP contribution in [-0.4, -0.2) is 30.5 Å². The Bertz CT molecular complexity index is 250. The summed E-state index contributed by atoms with van der Waals surface area (Å²) in [5.74, 6) is -1.96. The highest BCUT2D eigenvalue weighted by Gasteiger charge is 2.32. The molecule has 0 spiro atoms. The highest BCUT2D eigenvalue weighted by Crippen LogP contribution is 2.26. The smallest absolute Gasteiger partial charge is 0.318 e. The van der Waals surface area contributed by atoms with Gasteiger partial charge in [-0.1, -0.05) is 6.42 Å². The molecule has 1 saturated carbocycles. The molecule has 0 radical (unpaired) electrons. The molecule has 1 N–H and O–H groups in total. The van der Waals surface area contributed by atoms with E-state index in [0.717, 1.165) is 6.42 Å². The van der Waals surface area contributed by atoms with Gasteiger partial charge in [-0.3, -0.25) is 4.79 Å². The lowest BCUT2D eigenvalue weighted by Gasteiger charge is -2.23. The molecule has 0 amide bonds. The summed E-state index contributed by atoms with van der Waals surface area (Å²) in [6.45, 7) is 0. The Hall–Kier alpha value is -0.580. The molecule has 1 rings (SSSR count). The fourth-order valence-corrected chi connectivity index (χ4v) is 2.65. The second-order valence-corrected chi connectivity index (χ2v) is 5.03. The Labute approximate surface area is 65.1 Å². The number of aliphatic carboxylic acids is 1. The Morgan fingerprint density at radius 3 is 2.27 bits per heavy atom. The Balaban J connectivity index is 2.59. The van der Waals surface area contributed by atoms with E-state index in [9.17, 15) is 13.2 Å². The third-order valence-corrected chi connectivity index (χ3v) is 4.02. The topological polar surface area (TPSA) is 71.4 Å². The van der Waals surface area contributed by atoms with E-state index in [4.69, 9.17) is 5.11 Å². The fraction of sp³-hybridized carbons (Fsp3) is 0.833. The number of carboxylic acid groups (broad SMARTS) is 1. The van der Waals surface area contributed by atoms with Gasteiger partial charge in [-0.05, 0) is 12.8 Å². The molecule has 64 valence electrons. The molecule has 11 heavy (non-hydrogen) atoms. The van der Waals surface area contributed by atoms with Crippen molar-refractivity contribution in [2.24, 2.45) is 0 Å². The second kappa shape index (κ2) is 2.81. The third-order valence-electron chi connectivity index (χ3n) is 1.88. The second-order valence-electron chi connectivity index (χ2n) is 2.75. The van der Waals surface area contributed by atoms with Gasteiger partial charge < -0.3 is 5.11 Å². The lowest BCUT2D eigenvalue weighted by atomic mass is 10.0. The van der Waals surface area contributed by atoms with Gasteiger partial charge in [0.2, 0.25) is 0 Å². The van der Waals surface area contributed by atoms with Crippen molar-refractivity contribution in [2.45, 2.75) is 24.5 Å². The Kier molecular flexibility index (Phi) is 2.17. The number of hydrogen-bond acceptors (Lipinski definition) is 3. The van der Waals surface area contributed by atoms with Crippen molar-refractivity contribution in [3.63, 3.8) is 0 Å². The van der Waals surface area contributed by atoms with Crippen LogP contribution >= 0.6 is 0 Å². The van der Waals surface area contributed by atoms with Crippen LogP contribution in [0.5, 0.6) is 0 Å². The number of rotatable bonds is 3. The van der Waals surface area contributed by atoms with E-state index in [1.165, 1.54) is 0 Å². The SMILES string of the molecule is O=C(O)CS(=O)(=O)C1CCC1. The summed E-state index contributed by atoms with van der Waals surface area (Å²) >= 11 is 0. The summed E-state index contributed by atoms with van der Waals surface area (Å²) in [6, 6.07) is 0. The lowest BCUT2D eigenvalue weighted by Crippen LogP contribution is -2.32. The minimum absolute atomic E-state index is 0.376. The van der Waals surface area contributed by atoms with Gasteiger partial charge in [0, 0.05) is 0 Å². The number of carbonyl (C=O) groups is 1. The van der Waals surface area contributed by atoms with Crippen molar-refractivity contribution in [2.75, 3.05) is 5.75 Å². The van der Waals surface area contributed by atoms with Gasteiger partial charge in [0.05, 0.1) is 5.25 Å². The maximum atomic E-state index is 11.0. The molecule has 0 saturated heterocycles. The Morgan fingerprint density at radius 2 is 2.00 bits per heavy atom. The molecular formula is C6H10O4S. The Morgan fingerprint density at radius 1 is 1.45 bits per heavy atom. The van der Waals surface area contributed by atoms with Crippen molar-refractivity contribution in [3.8, 4) is 0 Å². The monoisotopic (exact) mass is 178 g/mol. The summed E-state index contributed by atoms with van der Waals surface area (Å²) in [4.78, 5) is 10.1. The average Bonchev–Trinajstić information content (AvgIpc) is 1.50. The molecule has 5 heteroatoms. The fourth-order valence-electron chi connectivity index (χ4n) is 1.02. The molecular weight excluding hydrogens is 168 g/mol. The molecule has 0 aromatic heterocycles. The van der Waals surface area contributed by atoms with Crippen LogP contribution < -0.4 is 0 Å². The van der Waals surface area contributed by atoms with Crippen LogP contribution in [-0.2, 0) is 14.6 Å². The van der Waals surface area contributed by atoms with Crippen molar-refractivity contribution in [1.82, 2.24) is 0 Å². The molecule has 1 aliphatic rings. The van der Waals surface area contributed by atoms with Gasteiger partial charge >= 0.3 is 5.97 Å². The van der Waals surface area contributed by atoms with Gasteiger partial charge in [0.15, 0.2) is 9.84 Å². The summed E-state index contributed by atoms with van der Waals surface area (Å²) in [5, 5.41) is 7.86. The van der Waals surface area contributed by atoms with E-state index in [1.807, 2.05) is 0 Å². The molecule has 4 nitrogen and oxygen atoms in total. The minimum atomic E-state index is -3.32. The van der Waals surface area contributed by atoms with Gasteiger partial charge in [0.1, 0.15) is 5.75 Å². The predicted molar refractivity (Wildman–Crippen MR) is 39.1 cm³/mol. The predicted octanol–water partition coefficient (Wildman–Crippen LogP) is 0.0383. The highest BCUT2D eigenvalue weighted by atomic mass is 32.2. The van der Waals surface area contributed by atoms with Gasteiger partial charge in [-0.2, -0.15) is 0 Å². The first-order valence-corrected chi connectivity index (χ1v) is 5.17. The zero-order chi connectivity index (χ0) is 8.48. The zero-order valence-corrected chi connectivity index (χ0v) is 6.80. The van der Waals surface area contributed by atoms with Crippen molar-refractivity contribution < 1.29 is 18.3 Å². The quantitative estimate of drug-likeness (QED) is 0.662. The summed E-state index contributed by atoms with van der Waals surface area (Å²) in [7, 11) is -3.32. The van der Waals surface area contributed by atoms with Gasteiger partial charge in [-0.15, -0.1) is 0 Å². The van der Waals surface area contributed by atoms with Crippen LogP contribution in [0.25, 0.3) is 0 Å². The van der Waals surface area contributed by atoms with Gasteiger partial charge in [0.25, 0.3) is 0 Å². The zero-order valence-electron chi connectivity index (χ0n) is 5.99. The van der Waals surface area contributed by atoms with Crippen molar-refractivity contribution in [1.29, 1.82) is 0 Å². The van der Waals surface area contributed by atoms with E-state index >= 15 is 0 Å². The van der Waals surface area contributed by atoms with Crippen LogP contribution in [0.3, 0.4) is 0 Å². The molecule has 1 fully saturated rings. The lowest BCUT2D eigenvalue weighted by molar-refractivity contribution is -0.134. The number of carboxylic acids is 1. The summed E-state index contributed by atoms with van der Waals surface area (Å²) in [6.07, 6.45) is 2.18. The van der Waals surface area contributed by atoms with E-state index in [0.29, 0.717) is 12.8 Å². The maximum Gasteiger partial charge on any atom is 0.318 e. The minimum Gasteiger partial charge on any atom is -0.480 e. The largest absolute Gasteiger partial charge is 0.480 e. The third kappa shape index (κ3) is 1.92. The highest BCUT2D eigenvalue weighted by molar-refractivity contribution is 7.92.